The molecular formula is C20H22O6. The Balaban J connectivity index is 2.36. The van der Waals surface area contributed by atoms with E-state index in [0.717, 1.165) is 5.56 Å². The van der Waals surface area contributed by atoms with Gasteiger partial charge in [0.25, 0.3) is 5.60 Å². The van der Waals surface area contributed by atoms with Crippen LogP contribution in [-0.2, 0) is 20.7 Å². The van der Waals surface area contributed by atoms with E-state index in [-0.39, 0.29) is 12.2 Å². The van der Waals surface area contributed by atoms with Crippen LogP contribution in [-0.4, -0.2) is 38.5 Å². The number of para-hydroxylation sites is 1. The van der Waals surface area contributed by atoms with Crippen molar-refractivity contribution in [3.63, 3.8) is 0 Å². The molecule has 26 heavy (non-hydrogen) atoms. The van der Waals surface area contributed by atoms with Crippen LogP contribution in [0.3, 0.4) is 0 Å². The number of phenols is 1. The molecule has 0 fully saturated rings. The van der Waals surface area contributed by atoms with Gasteiger partial charge in [-0.2, -0.15) is 0 Å². The minimum absolute atomic E-state index is 0.127. The molecule has 0 aliphatic rings. The van der Waals surface area contributed by atoms with Gasteiger partial charge in [-0.1, -0.05) is 42.5 Å². The molecule has 138 valence electrons. The highest BCUT2D eigenvalue weighted by molar-refractivity contribution is 6.02. The molecule has 3 N–H and O–H groups in total. The average molecular weight is 358 g/mol. The molecule has 0 spiro atoms. The maximum Gasteiger partial charge on any atom is 0.348 e. The van der Waals surface area contributed by atoms with Gasteiger partial charge in [-0.15, -0.1) is 0 Å². The first kappa shape index (κ1) is 19.5. The van der Waals surface area contributed by atoms with Crippen LogP contribution < -0.4 is 0 Å². The van der Waals surface area contributed by atoms with Crippen LogP contribution >= 0.6 is 0 Å². The molecule has 0 aliphatic heterocycles. The van der Waals surface area contributed by atoms with Gasteiger partial charge in [0, 0.05) is 12.0 Å². The van der Waals surface area contributed by atoms with Gasteiger partial charge < -0.3 is 20.1 Å². The minimum atomic E-state index is -2.38. The normalized spacial score (nSPS) is 12.0. The average Bonchev–Trinajstić information content (AvgIpc) is 2.54. The Morgan fingerprint density at radius 1 is 0.923 bits per heavy atom. The van der Waals surface area contributed by atoms with E-state index in [1.54, 1.807) is 69.3 Å². The number of aliphatic carboxylic acids is 2. The van der Waals surface area contributed by atoms with Gasteiger partial charge in [0.1, 0.15) is 5.75 Å². The van der Waals surface area contributed by atoms with E-state index in [1.807, 2.05) is 0 Å². The summed E-state index contributed by atoms with van der Waals surface area (Å²) in [5, 5.41) is 29.0. The molecule has 0 saturated heterocycles. The molecule has 0 aliphatic carbocycles. The van der Waals surface area contributed by atoms with Crippen LogP contribution in [0.5, 0.6) is 5.75 Å². The molecule has 0 amide bonds. The van der Waals surface area contributed by atoms with Gasteiger partial charge in [0.2, 0.25) is 0 Å². The summed E-state index contributed by atoms with van der Waals surface area (Å²) in [4.78, 5) is 23.5. The summed E-state index contributed by atoms with van der Waals surface area (Å²) >= 11 is 0. The zero-order valence-electron chi connectivity index (χ0n) is 14.9. The third-order valence-corrected chi connectivity index (χ3v) is 3.79. The molecular weight excluding hydrogens is 336 g/mol. The molecule has 0 aromatic heterocycles. The van der Waals surface area contributed by atoms with Gasteiger partial charge in [-0.25, -0.2) is 9.59 Å². The number of carboxylic acids is 2. The van der Waals surface area contributed by atoms with Crippen LogP contribution in [0.2, 0.25) is 0 Å². The number of aromatic hydroxyl groups is 1. The molecule has 0 unspecified atom stereocenters. The van der Waals surface area contributed by atoms with Crippen molar-refractivity contribution in [1.82, 2.24) is 0 Å². The lowest BCUT2D eigenvalue weighted by molar-refractivity contribution is -0.199. The molecule has 0 heterocycles. The van der Waals surface area contributed by atoms with Gasteiger partial charge in [0.15, 0.2) is 0 Å². The maximum absolute atomic E-state index is 11.7. The topological polar surface area (TPSA) is 104 Å². The number of carboxylic acid groups (broad SMARTS) is 2. The van der Waals surface area contributed by atoms with E-state index in [4.69, 9.17) is 4.74 Å². The Hall–Kier alpha value is -2.86. The van der Waals surface area contributed by atoms with Crippen molar-refractivity contribution in [3.8, 4) is 16.9 Å². The fourth-order valence-corrected chi connectivity index (χ4v) is 2.70. The van der Waals surface area contributed by atoms with E-state index in [9.17, 15) is 24.9 Å². The molecule has 2 aromatic rings. The third-order valence-electron chi connectivity index (χ3n) is 3.79. The van der Waals surface area contributed by atoms with Crippen molar-refractivity contribution < 1.29 is 29.6 Å². The van der Waals surface area contributed by atoms with Crippen LogP contribution in [0.25, 0.3) is 11.1 Å². The highest BCUT2D eigenvalue weighted by Gasteiger charge is 2.50. The van der Waals surface area contributed by atoms with Crippen LogP contribution in [0.4, 0.5) is 0 Å². The zero-order valence-corrected chi connectivity index (χ0v) is 14.9. The summed E-state index contributed by atoms with van der Waals surface area (Å²) in [5.74, 6) is -2.98. The van der Waals surface area contributed by atoms with Crippen molar-refractivity contribution in [2.45, 2.75) is 38.4 Å². The summed E-state index contributed by atoms with van der Waals surface area (Å²) in [6.07, 6.45) is -0.323. The molecule has 2 rings (SSSR count). The summed E-state index contributed by atoms with van der Waals surface area (Å²) in [7, 11) is 0. The van der Waals surface area contributed by atoms with E-state index in [2.05, 4.69) is 0 Å². The Labute approximate surface area is 151 Å². The Bertz CT molecular complexity index is 788. The number of carbonyl (C=O) groups is 2. The van der Waals surface area contributed by atoms with Crippen molar-refractivity contribution >= 4 is 11.9 Å². The monoisotopic (exact) mass is 358 g/mol. The van der Waals surface area contributed by atoms with Gasteiger partial charge >= 0.3 is 11.9 Å². The second-order valence-electron chi connectivity index (χ2n) is 7.04. The fraction of sp³-hybridized carbons (Fsp3) is 0.300. The summed E-state index contributed by atoms with van der Waals surface area (Å²) in [5.41, 5.74) is -1.47. The quantitative estimate of drug-likeness (QED) is 0.684. The highest BCUT2D eigenvalue weighted by Crippen LogP contribution is 2.30. The first-order valence-electron chi connectivity index (χ1n) is 8.09. The number of rotatable bonds is 6. The number of benzene rings is 2. The Kier molecular flexibility index (Phi) is 5.37. The lowest BCUT2D eigenvalue weighted by Gasteiger charge is -2.33. The van der Waals surface area contributed by atoms with Crippen molar-refractivity contribution in [2.24, 2.45) is 0 Å². The molecule has 0 bridgehead atoms. The lowest BCUT2D eigenvalue weighted by Crippen LogP contribution is -2.54. The molecule has 6 heteroatoms. The first-order chi connectivity index (χ1) is 12.0. The Morgan fingerprint density at radius 2 is 1.46 bits per heavy atom. The molecule has 0 atom stereocenters. The Morgan fingerprint density at radius 3 is 1.92 bits per heavy atom. The number of hydrogen-bond acceptors (Lipinski definition) is 4. The van der Waals surface area contributed by atoms with Crippen molar-refractivity contribution in [1.29, 1.82) is 0 Å². The highest BCUT2D eigenvalue weighted by atomic mass is 16.6. The third kappa shape index (κ3) is 4.21. The molecule has 0 saturated carbocycles. The lowest BCUT2D eigenvalue weighted by atomic mass is 9.92. The smallest absolute Gasteiger partial charge is 0.348 e. The van der Waals surface area contributed by atoms with E-state index in [0.29, 0.717) is 11.1 Å². The summed E-state index contributed by atoms with van der Waals surface area (Å²) in [6.45, 7) is 4.82. The van der Waals surface area contributed by atoms with Gasteiger partial charge in [-0.3, -0.25) is 0 Å². The fourth-order valence-electron chi connectivity index (χ4n) is 2.70. The minimum Gasteiger partial charge on any atom is -0.507 e. The number of ether oxygens (including phenoxy) is 1. The largest absolute Gasteiger partial charge is 0.507 e. The molecule has 2 aromatic carbocycles. The van der Waals surface area contributed by atoms with E-state index in [1.165, 1.54) is 0 Å². The number of phenolic OH excluding ortho intramolecular Hbond substituents is 1. The van der Waals surface area contributed by atoms with E-state index >= 15 is 0 Å². The van der Waals surface area contributed by atoms with Crippen LogP contribution in [0, 0.1) is 0 Å². The zero-order chi connectivity index (χ0) is 19.5. The standard InChI is InChI=1S/C20H22O6/c1-19(2,3)26-20(17(22)23,18(24)25)12-13-8-10-14(11-9-13)15-6-4-5-7-16(15)21/h4-11,21H,12H2,1-3H3,(H,22,23)(H,24,25). The van der Waals surface area contributed by atoms with E-state index < -0.39 is 23.1 Å². The first-order valence-corrected chi connectivity index (χ1v) is 8.09. The van der Waals surface area contributed by atoms with Crippen LogP contribution in [0.1, 0.15) is 26.3 Å². The second kappa shape index (κ2) is 7.17. The van der Waals surface area contributed by atoms with Gasteiger partial charge in [0.05, 0.1) is 5.60 Å². The van der Waals surface area contributed by atoms with Crippen molar-refractivity contribution in [2.75, 3.05) is 0 Å². The predicted octanol–water partition coefficient (Wildman–Crippen LogP) is 3.32. The second-order valence-corrected chi connectivity index (χ2v) is 7.04. The van der Waals surface area contributed by atoms with Crippen molar-refractivity contribution in [3.05, 3.63) is 54.1 Å². The number of hydrogen-bond donors (Lipinski definition) is 3. The maximum atomic E-state index is 11.7. The van der Waals surface area contributed by atoms with Crippen LogP contribution in [0.15, 0.2) is 48.5 Å². The molecule has 6 nitrogen and oxygen atoms in total. The summed E-state index contributed by atoms with van der Waals surface area (Å²) < 4.78 is 5.45. The summed E-state index contributed by atoms with van der Waals surface area (Å²) in [6, 6.07) is 13.5. The SMILES string of the molecule is CC(C)(C)OC(Cc1ccc(-c2ccccc2O)cc1)(C(=O)O)C(=O)O. The molecule has 0 radical (unpaired) electrons. The predicted molar refractivity (Wildman–Crippen MR) is 96.1 cm³/mol. The van der Waals surface area contributed by atoms with Gasteiger partial charge in [-0.05, 0) is 38.0 Å².